The second kappa shape index (κ2) is 6.31. The zero-order valence-electron chi connectivity index (χ0n) is 10.8. The number of rotatable bonds is 5. The Hall–Kier alpha value is -2.18. The summed E-state index contributed by atoms with van der Waals surface area (Å²) >= 11 is 0. The molecule has 1 aromatic rings. The van der Waals surface area contributed by atoms with Crippen LogP contribution >= 0.6 is 0 Å². The zero-order valence-corrected chi connectivity index (χ0v) is 10.8. The Morgan fingerprint density at radius 2 is 2.15 bits per heavy atom. The van der Waals surface area contributed by atoms with Crippen LogP contribution in [0.1, 0.15) is 25.7 Å². The number of carbonyl (C=O) groups excluding carboxylic acids is 1. The standard InChI is InChI=1S/C13H15FN2O4/c14-11-7-10(16(18)19)5-6-12(11)20-8-13(17)15-9-3-1-2-4-9/h5-7,9H,1-4,8H2,(H,15,17). The van der Waals surface area contributed by atoms with E-state index in [9.17, 15) is 19.3 Å². The average Bonchev–Trinajstić information content (AvgIpc) is 2.90. The van der Waals surface area contributed by atoms with Gasteiger partial charge in [0.15, 0.2) is 18.2 Å². The maximum Gasteiger partial charge on any atom is 0.272 e. The number of nitrogens with one attached hydrogen (secondary N) is 1. The van der Waals surface area contributed by atoms with Crippen molar-refractivity contribution in [2.24, 2.45) is 0 Å². The molecule has 1 aromatic carbocycles. The smallest absolute Gasteiger partial charge is 0.272 e. The van der Waals surface area contributed by atoms with Gasteiger partial charge in [-0.05, 0) is 18.9 Å². The molecule has 0 unspecified atom stereocenters. The van der Waals surface area contributed by atoms with Crippen LogP contribution in [0.15, 0.2) is 18.2 Å². The van der Waals surface area contributed by atoms with Crippen LogP contribution in [0.25, 0.3) is 0 Å². The molecule has 0 heterocycles. The number of nitro groups is 1. The molecule has 6 nitrogen and oxygen atoms in total. The highest BCUT2D eigenvalue weighted by Gasteiger charge is 2.18. The van der Waals surface area contributed by atoms with Gasteiger partial charge in [0, 0.05) is 12.1 Å². The van der Waals surface area contributed by atoms with Gasteiger partial charge in [-0.1, -0.05) is 12.8 Å². The monoisotopic (exact) mass is 282 g/mol. The Labute approximate surface area is 115 Å². The third-order valence-corrected chi connectivity index (χ3v) is 3.21. The Bertz CT molecular complexity index is 515. The Morgan fingerprint density at radius 1 is 1.45 bits per heavy atom. The number of ether oxygens (including phenoxy) is 1. The summed E-state index contributed by atoms with van der Waals surface area (Å²) in [6.45, 7) is -0.300. The van der Waals surface area contributed by atoms with Gasteiger partial charge in [-0.15, -0.1) is 0 Å². The molecule has 0 atom stereocenters. The molecule has 1 fully saturated rings. The molecule has 1 aliphatic carbocycles. The first-order chi connectivity index (χ1) is 9.56. The highest BCUT2D eigenvalue weighted by molar-refractivity contribution is 5.77. The van der Waals surface area contributed by atoms with Gasteiger partial charge in [0.1, 0.15) is 0 Å². The van der Waals surface area contributed by atoms with E-state index >= 15 is 0 Å². The Balaban J connectivity index is 1.86. The quantitative estimate of drug-likeness (QED) is 0.663. The van der Waals surface area contributed by atoms with E-state index in [0.717, 1.165) is 43.9 Å². The normalized spacial score (nSPS) is 15.1. The highest BCUT2D eigenvalue weighted by Crippen LogP contribution is 2.22. The molecule has 0 saturated heterocycles. The van der Waals surface area contributed by atoms with E-state index in [2.05, 4.69) is 5.32 Å². The fraction of sp³-hybridized carbons (Fsp3) is 0.462. The van der Waals surface area contributed by atoms with Crippen LogP contribution in [0.3, 0.4) is 0 Å². The summed E-state index contributed by atoms with van der Waals surface area (Å²) in [6.07, 6.45) is 4.11. The van der Waals surface area contributed by atoms with Gasteiger partial charge in [0.25, 0.3) is 11.6 Å². The van der Waals surface area contributed by atoms with E-state index < -0.39 is 10.7 Å². The van der Waals surface area contributed by atoms with Gasteiger partial charge >= 0.3 is 0 Å². The van der Waals surface area contributed by atoms with Crippen LogP contribution in [0.2, 0.25) is 0 Å². The van der Waals surface area contributed by atoms with Crippen molar-refractivity contribution < 1.29 is 18.8 Å². The lowest BCUT2D eigenvalue weighted by molar-refractivity contribution is -0.385. The fourth-order valence-electron chi connectivity index (χ4n) is 2.20. The van der Waals surface area contributed by atoms with E-state index in [1.807, 2.05) is 0 Å². The van der Waals surface area contributed by atoms with Crippen LogP contribution in [0, 0.1) is 15.9 Å². The Morgan fingerprint density at radius 3 is 2.75 bits per heavy atom. The van der Waals surface area contributed by atoms with E-state index in [-0.39, 0.29) is 30.0 Å². The van der Waals surface area contributed by atoms with Gasteiger partial charge in [-0.3, -0.25) is 14.9 Å². The van der Waals surface area contributed by atoms with Crippen molar-refractivity contribution >= 4 is 11.6 Å². The predicted octanol–water partition coefficient (Wildman–Crippen LogP) is 2.17. The SMILES string of the molecule is O=C(COc1ccc([N+](=O)[O-])cc1F)NC1CCCC1. The number of nitro benzene ring substituents is 1. The fourth-order valence-corrected chi connectivity index (χ4v) is 2.20. The van der Waals surface area contributed by atoms with E-state index in [1.54, 1.807) is 0 Å². The predicted molar refractivity (Wildman–Crippen MR) is 68.9 cm³/mol. The number of benzene rings is 1. The first-order valence-corrected chi connectivity index (χ1v) is 6.42. The van der Waals surface area contributed by atoms with Crippen LogP contribution < -0.4 is 10.1 Å². The van der Waals surface area contributed by atoms with Crippen molar-refractivity contribution in [1.29, 1.82) is 0 Å². The van der Waals surface area contributed by atoms with Gasteiger partial charge < -0.3 is 10.1 Å². The maximum absolute atomic E-state index is 13.5. The molecule has 0 aliphatic heterocycles. The molecule has 0 aromatic heterocycles. The number of amides is 1. The number of non-ortho nitro benzene ring substituents is 1. The Kier molecular flexibility index (Phi) is 4.49. The molecule has 0 bridgehead atoms. The minimum atomic E-state index is -0.854. The summed E-state index contributed by atoms with van der Waals surface area (Å²) in [5.74, 6) is -1.33. The van der Waals surface area contributed by atoms with Crippen molar-refractivity contribution in [1.82, 2.24) is 5.32 Å². The largest absolute Gasteiger partial charge is 0.481 e. The summed E-state index contributed by atoms with van der Waals surface area (Å²) in [6, 6.07) is 3.22. The van der Waals surface area contributed by atoms with Crippen molar-refractivity contribution in [3.63, 3.8) is 0 Å². The first-order valence-electron chi connectivity index (χ1n) is 6.42. The average molecular weight is 282 g/mol. The summed E-state index contributed by atoms with van der Waals surface area (Å²) in [5.41, 5.74) is -0.356. The molecular formula is C13H15FN2O4. The van der Waals surface area contributed by atoms with E-state index in [0.29, 0.717) is 0 Å². The van der Waals surface area contributed by atoms with Gasteiger partial charge in [-0.25, -0.2) is 4.39 Å². The topological polar surface area (TPSA) is 81.5 Å². The van der Waals surface area contributed by atoms with Crippen LogP contribution in [-0.4, -0.2) is 23.5 Å². The number of carbonyl (C=O) groups is 1. The van der Waals surface area contributed by atoms with Crippen molar-refractivity contribution in [3.8, 4) is 5.75 Å². The number of nitrogens with zero attached hydrogens (tertiary/aromatic N) is 1. The lowest BCUT2D eigenvalue weighted by Gasteiger charge is -2.12. The third-order valence-electron chi connectivity index (χ3n) is 3.21. The molecule has 1 saturated carbocycles. The van der Waals surface area contributed by atoms with Crippen LogP contribution in [0.5, 0.6) is 5.75 Å². The first kappa shape index (κ1) is 14.2. The molecule has 0 radical (unpaired) electrons. The van der Waals surface area contributed by atoms with Gasteiger partial charge in [0.2, 0.25) is 0 Å². The molecule has 1 amide bonds. The number of hydrogen-bond acceptors (Lipinski definition) is 4. The zero-order chi connectivity index (χ0) is 14.5. The summed E-state index contributed by atoms with van der Waals surface area (Å²) in [5, 5.41) is 13.3. The molecule has 7 heteroatoms. The minimum Gasteiger partial charge on any atom is -0.481 e. The number of halogens is 1. The lowest BCUT2D eigenvalue weighted by atomic mass is 10.2. The summed E-state index contributed by atoms with van der Waals surface area (Å²) in [4.78, 5) is 21.4. The van der Waals surface area contributed by atoms with Gasteiger partial charge in [0.05, 0.1) is 11.0 Å². The highest BCUT2D eigenvalue weighted by atomic mass is 19.1. The van der Waals surface area contributed by atoms with Crippen LogP contribution in [0.4, 0.5) is 10.1 Å². The summed E-state index contributed by atoms with van der Waals surface area (Å²) in [7, 11) is 0. The third kappa shape index (κ3) is 3.66. The second-order valence-corrected chi connectivity index (χ2v) is 4.71. The summed E-state index contributed by atoms with van der Waals surface area (Å²) < 4.78 is 18.5. The maximum atomic E-state index is 13.5. The molecule has 1 N–H and O–H groups in total. The molecule has 0 spiro atoms. The molecule has 20 heavy (non-hydrogen) atoms. The van der Waals surface area contributed by atoms with Gasteiger partial charge in [-0.2, -0.15) is 0 Å². The van der Waals surface area contributed by atoms with E-state index in [4.69, 9.17) is 4.74 Å². The molecule has 108 valence electrons. The van der Waals surface area contributed by atoms with Crippen molar-refractivity contribution in [3.05, 3.63) is 34.1 Å². The lowest BCUT2D eigenvalue weighted by Crippen LogP contribution is -2.36. The van der Waals surface area contributed by atoms with Crippen LogP contribution in [-0.2, 0) is 4.79 Å². The van der Waals surface area contributed by atoms with Crippen molar-refractivity contribution in [2.45, 2.75) is 31.7 Å². The van der Waals surface area contributed by atoms with Crippen molar-refractivity contribution in [2.75, 3.05) is 6.61 Å². The minimum absolute atomic E-state index is 0.169. The van der Waals surface area contributed by atoms with E-state index in [1.165, 1.54) is 0 Å². The molecular weight excluding hydrogens is 267 g/mol. The molecule has 2 rings (SSSR count). The number of hydrogen-bond donors (Lipinski definition) is 1. The molecule has 1 aliphatic rings. The second-order valence-electron chi connectivity index (χ2n) is 4.71.